The first kappa shape index (κ1) is 16.7. The van der Waals surface area contributed by atoms with Crippen LogP contribution in [0.1, 0.15) is 25.5 Å². The molecule has 2 aromatic heterocycles. The molecule has 0 aromatic carbocycles. The second-order valence-corrected chi connectivity index (χ2v) is 6.26. The standard InChI is InChI=1S/C16H20ClN5O2/c1-3-24-15(23)16(22-7-4-12(2)20-22)5-8-21(9-6-16)13-10-14(17)19-18-11-13/h4,7,10-11H,3,5-6,8-9H2,1-2H3. The molecule has 0 bridgehead atoms. The van der Waals surface area contributed by atoms with E-state index >= 15 is 0 Å². The van der Waals surface area contributed by atoms with E-state index in [4.69, 9.17) is 16.3 Å². The van der Waals surface area contributed by atoms with Crippen molar-refractivity contribution in [2.45, 2.75) is 32.2 Å². The highest BCUT2D eigenvalue weighted by Crippen LogP contribution is 2.33. The second kappa shape index (κ2) is 6.76. The molecule has 0 amide bonds. The molecule has 0 unspecified atom stereocenters. The molecule has 0 saturated carbocycles. The molecule has 8 heteroatoms. The third kappa shape index (κ3) is 3.08. The van der Waals surface area contributed by atoms with Crippen molar-refractivity contribution in [2.24, 2.45) is 0 Å². The molecule has 1 aliphatic rings. The summed E-state index contributed by atoms with van der Waals surface area (Å²) in [6.07, 6.45) is 4.74. The van der Waals surface area contributed by atoms with E-state index in [9.17, 15) is 4.79 Å². The van der Waals surface area contributed by atoms with Gasteiger partial charge in [-0.1, -0.05) is 11.6 Å². The molecule has 0 aliphatic carbocycles. The lowest BCUT2D eigenvalue weighted by atomic mass is 9.87. The van der Waals surface area contributed by atoms with Crippen molar-refractivity contribution in [2.75, 3.05) is 24.6 Å². The fourth-order valence-electron chi connectivity index (χ4n) is 3.08. The largest absolute Gasteiger partial charge is 0.464 e. The Labute approximate surface area is 145 Å². The molecule has 0 atom stereocenters. The van der Waals surface area contributed by atoms with Crippen LogP contribution in [-0.4, -0.2) is 45.6 Å². The number of carbonyl (C=O) groups excluding carboxylic acids is 1. The number of hydrogen-bond acceptors (Lipinski definition) is 6. The summed E-state index contributed by atoms with van der Waals surface area (Å²) in [6, 6.07) is 3.68. The molecule has 3 rings (SSSR count). The van der Waals surface area contributed by atoms with Crippen molar-refractivity contribution in [3.8, 4) is 0 Å². The van der Waals surface area contributed by atoms with Crippen molar-refractivity contribution in [3.05, 3.63) is 35.4 Å². The van der Waals surface area contributed by atoms with E-state index < -0.39 is 5.54 Å². The summed E-state index contributed by atoms with van der Waals surface area (Å²) in [5, 5.41) is 12.5. The van der Waals surface area contributed by atoms with Crippen LogP contribution in [0.3, 0.4) is 0 Å². The maximum atomic E-state index is 12.7. The summed E-state index contributed by atoms with van der Waals surface area (Å²) in [7, 11) is 0. The maximum Gasteiger partial charge on any atom is 0.334 e. The van der Waals surface area contributed by atoms with Gasteiger partial charge in [-0.25, -0.2) is 4.79 Å². The van der Waals surface area contributed by atoms with Crippen LogP contribution < -0.4 is 4.90 Å². The number of aromatic nitrogens is 4. The van der Waals surface area contributed by atoms with Gasteiger partial charge in [-0.2, -0.15) is 10.2 Å². The molecule has 2 aromatic rings. The van der Waals surface area contributed by atoms with Gasteiger partial charge in [-0.3, -0.25) is 4.68 Å². The van der Waals surface area contributed by atoms with Crippen molar-refractivity contribution in [1.82, 2.24) is 20.0 Å². The first-order valence-electron chi connectivity index (χ1n) is 7.98. The zero-order chi connectivity index (χ0) is 17.2. The van der Waals surface area contributed by atoms with Crippen molar-refractivity contribution < 1.29 is 9.53 Å². The predicted octanol–water partition coefficient (Wildman–Crippen LogP) is 2.19. The lowest BCUT2D eigenvalue weighted by Gasteiger charge is -2.40. The van der Waals surface area contributed by atoms with Crippen molar-refractivity contribution >= 4 is 23.3 Å². The van der Waals surface area contributed by atoms with Gasteiger partial charge in [0.1, 0.15) is 0 Å². The van der Waals surface area contributed by atoms with E-state index in [0.717, 1.165) is 11.4 Å². The van der Waals surface area contributed by atoms with Crippen LogP contribution in [0.2, 0.25) is 5.15 Å². The fourth-order valence-corrected chi connectivity index (χ4v) is 3.24. The van der Waals surface area contributed by atoms with E-state index in [1.165, 1.54) is 0 Å². The topological polar surface area (TPSA) is 73.1 Å². The maximum absolute atomic E-state index is 12.7. The Balaban J connectivity index is 1.84. The Morgan fingerprint density at radius 2 is 2.17 bits per heavy atom. The number of aryl methyl sites for hydroxylation is 1. The highest BCUT2D eigenvalue weighted by molar-refractivity contribution is 6.29. The number of rotatable bonds is 4. The molecular formula is C16H20ClN5O2. The average molecular weight is 350 g/mol. The first-order chi connectivity index (χ1) is 11.5. The van der Waals surface area contributed by atoms with Gasteiger partial charge in [0.15, 0.2) is 10.7 Å². The van der Waals surface area contributed by atoms with Crippen LogP contribution in [0.15, 0.2) is 24.5 Å². The van der Waals surface area contributed by atoms with Crippen LogP contribution in [0.5, 0.6) is 0 Å². The monoisotopic (exact) mass is 349 g/mol. The summed E-state index contributed by atoms with van der Waals surface area (Å²) in [6.45, 7) is 5.45. The third-order valence-electron chi connectivity index (χ3n) is 4.38. The highest BCUT2D eigenvalue weighted by Gasteiger charge is 2.45. The minimum atomic E-state index is -0.759. The number of nitrogens with zero attached hydrogens (tertiary/aromatic N) is 5. The number of carbonyl (C=O) groups is 1. The molecule has 0 spiro atoms. The summed E-state index contributed by atoms with van der Waals surface area (Å²) in [4.78, 5) is 14.8. The molecule has 1 fully saturated rings. The summed E-state index contributed by atoms with van der Waals surface area (Å²) in [5.41, 5.74) is 1.03. The summed E-state index contributed by atoms with van der Waals surface area (Å²) < 4.78 is 7.11. The SMILES string of the molecule is CCOC(=O)C1(n2ccc(C)n2)CCN(c2cnnc(Cl)c2)CC1. The van der Waals surface area contributed by atoms with Crippen molar-refractivity contribution in [3.63, 3.8) is 0 Å². The zero-order valence-electron chi connectivity index (χ0n) is 13.8. The number of piperidine rings is 1. The molecule has 24 heavy (non-hydrogen) atoms. The van der Waals surface area contributed by atoms with Crippen LogP contribution in [0.4, 0.5) is 5.69 Å². The van der Waals surface area contributed by atoms with E-state index in [1.54, 1.807) is 16.9 Å². The molecule has 7 nitrogen and oxygen atoms in total. The number of ether oxygens (including phenoxy) is 1. The van der Waals surface area contributed by atoms with E-state index in [1.807, 2.05) is 26.1 Å². The van der Waals surface area contributed by atoms with Gasteiger partial charge in [-0.15, -0.1) is 5.10 Å². The van der Waals surface area contributed by atoms with Crippen molar-refractivity contribution in [1.29, 1.82) is 0 Å². The Morgan fingerprint density at radius 1 is 1.42 bits per heavy atom. The average Bonchev–Trinajstić information content (AvgIpc) is 3.02. The van der Waals surface area contributed by atoms with Gasteiger partial charge >= 0.3 is 5.97 Å². The summed E-state index contributed by atoms with van der Waals surface area (Å²) in [5.74, 6) is -0.223. The smallest absolute Gasteiger partial charge is 0.334 e. The van der Waals surface area contributed by atoms with E-state index in [2.05, 4.69) is 20.2 Å². The molecule has 128 valence electrons. The number of hydrogen-bond donors (Lipinski definition) is 0. The van der Waals surface area contributed by atoms with Crippen LogP contribution in [-0.2, 0) is 15.1 Å². The zero-order valence-corrected chi connectivity index (χ0v) is 14.5. The van der Waals surface area contributed by atoms with Gasteiger partial charge in [0.2, 0.25) is 0 Å². The molecule has 3 heterocycles. The second-order valence-electron chi connectivity index (χ2n) is 5.88. The number of anilines is 1. The molecular weight excluding hydrogens is 330 g/mol. The predicted molar refractivity (Wildman–Crippen MR) is 90.1 cm³/mol. The minimum Gasteiger partial charge on any atom is -0.464 e. The first-order valence-corrected chi connectivity index (χ1v) is 8.36. The van der Waals surface area contributed by atoms with Gasteiger partial charge in [0.25, 0.3) is 0 Å². The highest BCUT2D eigenvalue weighted by atomic mass is 35.5. The van der Waals surface area contributed by atoms with Gasteiger partial charge in [-0.05, 0) is 19.9 Å². The van der Waals surface area contributed by atoms with Crippen LogP contribution >= 0.6 is 11.6 Å². The van der Waals surface area contributed by atoms with Crippen LogP contribution in [0.25, 0.3) is 0 Å². The quantitative estimate of drug-likeness (QED) is 0.788. The Morgan fingerprint density at radius 3 is 2.75 bits per heavy atom. The molecule has 1 saturated heterocycles. The Bertz CT molecular complexity index is 725. The summed E-state index contributed by atoms with van der Waals surface area (Å²) >= 11 is 5.92. The molecule has 0 radical (unpaired) electrons. The van der Waals surface area contributed by atoms with Crippen LogP contribution in [0, 0.1) is 6.92 Å². The number of esters is 1. The van der Waals surface area contributed by atoms with E-state index in [-0.39, 0.29) is 5.97 Å². The lowest BCUT2D eigenvalue weighted by Crippen LogP contribution is -2.52. The Kier molecular flexibility index (Phi) is 4.71. The van der Waals surface area contributed by atoms with E-state index in [0.29, 0.717) is 37.7 Å². The minimum absolute atomic E-state index is 0.223. The van der Waals surface area contributed by atoms with Gasteiger partial charge in [0.05, 0.1) is 24.2 Å². The fraction of sp³-hybridized carbons (Fsp3) is 0.500. The number of halogens is 1. The van der Waals surface area contributed by atoms with Gasteiger partial charge in [0, 0.05) is 38.2 Å². The lowest BCUT2D eigenvalue weighted by molar-refractivity contribution is -0.156. The normalized spacial score (nSPS) is 16.9. The third-order valence-corrected chi connectivity index (χ3v) is 4.57. The molecule has 0 N–H and O–H groups in total. The van der Waals surface area contributed by atoms with Gasteiger partial charge < -0.3 is 9.64 Å². The Hall–Kier alpha value is -2.15. The molecule has 1 aliphatic heterocycles.